The number of hydrogen-bond donors (Lipinski definition) is 1. The van der Waals surface area contributed by atoms with Crippen LogP contribution < -0.4 is 4.74 Å². The zero-order valence-electron chi connectivity index (χ0n) is 9.87. The van der Waals surface area contributed by atoms with Gasteiger partial charge in [0.05, 0.1) is 12.8 Å². The van der Waals surface area contributed by atoms with Gasteiger partial charge in [-0.1, -0.05) is 0 Å². The molecule has 0 saturated heterocycles. The number of hydrogen-bond acceptors (Lipinski definition) is 3. The molecule has 0 atom stereocenters. The Kier molecular flexibility index (Phi) is 2.41. The van der Waals surface area contributed by atoms with Gasteiger partial charge in [-0.05, 0) is 36.4 Å². The van der Waals surface area contributed by atoms with Crippen LogP contribution in [-0.2, 0) is 0 Å². The summed E-state index contributed by atoms with van der Waals surface area (Å²) in [5, 5.41) is 9.28. The molecule has 1 aromatic carbocycles. The first kappa shape index (κ1) is 10.7. The van der Waals surface area contributed by atoms with Gasteiger partial charge in [-0.3, -0.25) is 0 Å². The van der Waals surface area contributed by atoms with Crippen molar-refractivity contribution in [2.75, 3.05) is 7.11 Å². The van der Waals surface area contributed by atoms with E-state index in [2.05, 4.69) is 4.98 Å². The van der Waals surface area contributed by atoms with Crippen molar-refractivity contribution in [3.05, 3.63) is 48.8 Å². The van der Waals surface area contributed by atoms with E-state index in [1.807, 2.05) is 41.1 Å². The van der Waals surface area contributed by atoms with E-state index in [0.717, 1.165) is 22.7 Å². The van der Waals surface area contributed by atoms with Crippen molar-refractivity contribution >= 4 is 5.65 Å². The maximum absolute atomic E-state index is 9.28. The fourth-order valence-corrected chi connectivity index (χ4v) is 1.92. The number of phenolic OH excluding ortho intramolecular Hbond substituents is 1. The number of rotatable bonds is 2. The van der Waals surface area contributed by atoms with Gasteiger partial charge in [0.25, 0.3) is 0 Å². The number of fused-ring (bicyclic) bond motifs is 1. The summed E-state index contributed by atoms with van der Waals surface area (Å²) >= 11 is 0. The fourth-order valence-electron chi connectivity index (χ4n) is 1.92. The minimum atomic E-state index is 0.250. The van der Waals surface area contributed by atoms with E-state index in [1.165, 1.54) is 0 Å². The average molecular weight is 240 g/mol. The molecule has 0 bridgehead atoms. The first-order chi connectivity index (χ1) is 8.78. The third-order valence-electron chi connectivity index (χ3n) is 2.83. The summed E-state index contributed by atoms with van der Waals surface area (Å²) in [6.07, 6.45) is 3.86. The molecule has 0 unspecified atom stereocenters. The van der Waals surface area contributed by atoms with Crippen molar-refractivity contribution < 1.29 is 9.84 Å². The van der Waals surface area contributed by atoms with Crippen LogP contribution in [0.3, 0.4) is 0 Å². The molecular formula is C14H12N2O2. The second-order valence-corrected chi connectivity index (χ2v) is 3.98. The van der Waals surface area contributed by atoms with Crippen LogP contribution in [0.25, 0.3) is 16.9 Å². The highest BCUT2D eigenvalue weighted by Gasteiger charge is 2.07. The van der Waals surface area contributed by atoms with E-state index in [0.29, 0.717) is 0 Å². The SMILES string of the molecule is COc1cccn2cc(-c3ccc(O)cc3)nc12. The highest BCUT2D eigenvalue weighted by molar-refractivity contribution is 5.66. The maximum Gasteiger partial charge on any atom is 0.180 e. The van der Waals surface area contributed by atoms with Crippen molar-refractivity contribution in [1.82, 2.24) is 9.38 Å². The van der Waals surface area contributed by atoms with E-state index in [-0.39, 0.29) is 5.75 Å². The molecule has 4 heteroatoms. The second kappa shape index (κ2) is 4.07. The van der Waals surface area contributed by atoms with Crippen molar-refractivity contribution in [3.8, 4) is 22.8 Å². The predicted octanol–water partition coefficient (Wildman–Crippen LogP) is 2.72. The van der Waals surface area contributed by atoms with Crippen molar-refractivity contribution in [3.63, 3.8) is 0 Å². The summed E-state index contributed by atoms with van der Waals surface area (Å²) in [5.74, 6) is 0.989. The lowest BCUT2D eigenvalue weighted by Gasteiger charge is -1.99. The van der Waals surface area contributed by atoms with Crippen LogP contribution in [0, 0.1) is 0 Å². The molecule has 0 aliphatic heterocycles. The monoisotopic (exact) mass is 240 g/mol. The van der Waals surface area contributed by atoms with Gasteiger partial charge in [0.1, 0.15) is 5.75 Å². The largest absolute Gasteiger partial charge is 0.508 e. The molecule has 0 aliphatic rings. The number of aromatic nitrogens is 2. The third kappa shape index (κ3) is 1.68. The number of benzene rings is 1. The van der Waals surface area contributed by atoms with Crippen molar-refractivity contribution in [2.45, 2.75) is 0 Å². The van der Waals surface area contributed by atoms with Crippen molar-refractivity contribution in [1.29, 1.82) is 0 Å². The lowest BCUT2D eigenvalue weighted by Crippen LogP contribution is -1.88. The lowest BCUT2D eigenvalue weighted by atomic mass is 10.2. The molecule has 0 amide bonds. The van der Waals surface area contributed by atoms with E-state index in [1.54, 1.807) is 19.2 Å². The van der Waals surface area contributed by atoms with Crippen LogP contribution in [0.4, 0.5) is 0 Å². The smallest absolute Gasteiger partial charge is 0.180 e. The molecule has 2 aromatic heterocycles. The molecule has 3 rings (SSSR count). The topological polar surface area (TPSA) is 46.8 Å². The lowest BCUT2D eigenvalue weighted by molar-refractivity contribution is 0.417. The Morgan fingerprint density at radius 3 is 2.67 bits per heavy atom. The Hall–Kier alpha value is -2.49. The molecule has 3 aromatic rings. The number of pyridine rings is 1. The van der Waals surface area contributed by atoms with Crippen LogP contribution in [-0.4, -0.2) is 21.6 Å². The van der Waals surface area contributed by atoms with Crippen LogP contribution in [0.2, 0.25) is 0 Å². The molecule has 1 N–H and O–H groups in total. The molecule has 0 fully saturated rings. The van der Waals surface area contributed by atoms with Crippen LogP contribution in [0.15, 0.2) is 48.8 Å². The summed E-state index contributed by atoms with van der Waals surface area (Å²) in [6.45, 7) is 0. The number of imidazole rings is 1. The van der Waals surface area contributed by atoms with Crippen LogP contribution in [0.1, 0.15) is 0 Å². The molecule has 0 spiro atoms. The molecule has 18 heavy (non-hydrogen) atoms. The zero-order chi connectivity index (χ0) is 12.5. The van der Waals surface area contributed by atoms with Crippen LogP contribution >= 0.6 is 0 Å². The molecule has 0 radical (unpaired) electrons. The Balaban J connectivity index is 2.16. The summed E-state index contributed by atoms with van der Waals surface area (Å²) in [4.78, 5) is 4.54. The van der Waals surface area contributed by atoms with E-state index < -0.39 is 0 Å². The molecular weight excluding hydrogens is 228 g/mol. The molecule has 0 aliphatic carbocycles. The molecule has 2 heterocycles. The van der Waals surface area contributed by atoms with Gasteiger partial charge in [-0.2, -0.15) is 0 Å². The number of aromatic hydroxyl groups is 1. The zero-order valence-corrected chi connectivity index (χ0v) is 9.87. The molecule has 4 nitrogen and oxygen atoms in total. The maximum atomic E-state index is 9.28. The van der Waals surface area contributed by atoms with Gasteiger partial charge < -0.3 is 14.2 Å². The number of methoxy groups -OCH3 is 1. The van der Waals surface area contributed by atoms with E-state index in [9.17, 15) is 5.11 Å². The van der Waals surface area contributed by atoms with Gasteiger partial charge in [0, 0.05) is 18.0 Å². The molecule has 0 saturated carbocycles. The Labute approximate surface area is 104 Å². The van der Waals surface area contributed by atoms with Crippen LogP contribution in [0.5, 0.6) is 11.5 Å². The highest BCUT2D eigenvalue weighted by Crippen LogP contribution is 2.25. The standard InChI is InChI=1S/C14H12N2O2/c1-18-13-3-2-8-16-9-12(15-14(13)16)10-4-6-11(17)7-5-10/h2-9,17H,1H3. The van der Waals surface area contributed by atoms with E-state index >= 15 is 0 Å². The normalized spacial score (nSPS) is 10.7. The van der Waals surface area contributed by atoms with Gasteiger partial charge in [-0.25, -0.2) is 4.98 Å². The quantitative estimate of drug-likeness (QED) is 0.749. The third-order valence-corrected chi connectivity index (χ3v) is 2.83. The fraction of sp³-hybridized carbons (Fsp3) is 0.0714. The highest BCUT2D eigenvalue weighted by atomic mass is 16.5. The minimum Gasteiger partial charge on any atom is -0.508 e. The summed E-state index contributed by atoms with van der Waals surface area (Å²) < 4.78 is 7.19. The first-order valence-corrected chi connectivity index (χ1v) is 5.59. The molecule has 90 valence electrons. The van der Waals surface area contributed by atoms with Gasteiger partial charge in [-0.15, -0.1) is 0 Å². The minimum absolute atomic E-state index is 0.250. The van der Waals surface area contributed by atoms with E-state index in [4.69, 9.17) is 4.74 Å². The Morgan fingerprint density at radius 1 is 1.17 bits per heavy atom. The number of nitrogens with zero attached hydrogens (tertiary/aromatic N) is 2. The van der Waals surface area contributed by atoms with Gasteiger partial charge in [0.2, 0.25) is 0 Å². The van der Waals surface area contributed by atoms with Gasteiger partial charge in [0.15, 0.2) is 11.4 Å². The number of ether oxygens (including phenoxy) is 1. The number of phenols is 1. The van der Waals surface area contributed by atoms with Crippen molar-refractivity contribution in [2.24, 2.45) is 0 Å². The Morgan fingerprint density at radius 2 is 1.94 bits per heavy atom. The average Bonchev–Trinajstić information content (AvgIpc) is 2.83. The summed E-state index contributed by atoms with van der Waals surface area (Å²) in [7, 11) is 1.63. The summed E-state index contributed by atoms with van der Waals surface area (Å²) in [5.41, 5.74) is 2.58. The second-order valence-electron chi connectivity index (χ2n) is 3.98. The Bertz CT molecular complexity index is 687. The first-order valence-electron chi connectivity index (χ1n) is 5.59. The van der Waals surface area contributed by atoms with Gasteiger partial charge >= 0.3 is 0 Å². The summed E-state index contributed by atoms with van der Waals surface area (Å²) in [6, 6.07) is 10.8. The predicted molar refractivity (Wildman–Crippen MR) is 68.8 cm³/mol.